The molecule has 0 bridgehead atoms. The lowest BCUT2D eigenvalue weighted by molar-refractivity contribution is 0.0929. The summed E-state index contributed by atoms with van der Waals surface area (Å²) in [5, 5.41) is 11.4. The minimum absolute atomic E-state index is 0.0326. The molecule has 0 fully saturated rings. The van der Waals surface area contributed by atoms with Gasteiger partial charge in [-0.05, 0) is 26.3 Å². The van der Waals surface area contributed by atoms with Crippen molar-refractivity contribution in [3.63, 3.8) is 0 Å². The number of aromatic amines is 1. The number of H-pyrrole nitrogens is 1. The van der Waals surface area contributed by atoms with E-state index in [9.17, 15) is 9.59 Å². The molecule has 3 N–H and O–H groups in total. The van der Waals surface area contributed by atoms with Crippen LogP contribution in [0.5, 0.6) is 0 Å². The molecule has 1 atom stereocenters. The molecule has 0 aliphatic carbocycles. The molecule has 16 heavy (non-hydrogen) atoms. The number of aliphatic hydroxyl groups is 1. The van der Waals surface area contributed by atoms with Crippen LogP contribution in [0.2, 0.25) is 0 Å². The lowest BCUT2D eigenvalue weighted by atomic mass is 10.2. The second-order valence-electron chi connectivity index (χ2n) is 3.75. The van der Waals surface area contributed by atoms with Gasteiger partial charge in [0, 0.05) is 24.4 Å². The zero-order valence-electron chi connectivity index (χ0n) is 9.41. The van der Waals surface area contributed by atoms with Crippen molar-refractivity contribution in [3.05, 3.63) is 23.5 Å². The maximum absolute atomic E-state index is 11.6. The molecule has 0 saturated heterocycles. The van der Waals surface area contributed by atoms with Crippen molar-refractivity contribution in [1.82, 2.24) is 10.3 Å². The third-order valence-corrected chi connectivity index (χ3v) is 2.27. The first kappa shape index (κ1) is 12.4. The van der Waals surface area contributed by atoms with Gasteiger partial charge in [0.1, 0.15) is 5.69 Å². The number of rotatable bonds is 5. The number of carbonyl (C=O) groups excluding carboxylic acids is 2. The van der Waals surface area contributed by atoms with Gasteiger partial charge in [0.05, 0.1) is 0 Å². The highest BCUT2D eigenvalue weighted by Gasteiger charge is 2.12. The lowest BCUT2D eigenvalue weighted by Gasteiger charge is -2.10. The second kappa shape index (κ2) is 5.46. The van der Waals surface area contributed by atoms with Crippen molar-refractivity contribution in [2.75, 3.05) is 6.61 Å². The second-order valence-corrected chi connectivity index (χ2v) is 3.75. The molecule has 0 saturated carbocycles. The number of carbonyl (C=O) groups is 2. The summed E-state index contributed by atoms with van der Waals surface area (Å²) in [6, 6.07) is 1.42. The highest BCUT2D eigenvalue weighted by atomic mass is 16.3. The molecule has 1 rings (SSSR count). The van der Waals surface area contributed by atoms with E-state index in [-0.39, 0.29) is 24.3 Å². The first-order valence-electron chi connectivity index (χ1n) is 5.15. The molecule has 5 nitrogen and oxygen atoms in total. The van der Waals surface area contributed by atoms with Gasteiger partial charge in [-0.1, -0.05) is 0 Å². The van der Waals surface area contributed by atoms with Gasteiger partial charge >= 0.3 is 0 Å². The molecule has 0 spiro atoms. The molecule has 0 aromatic carbocycles. The maximum Gasteiger partial charge on any atom is 0.267 e. The zero-order chi connectivity index (χ0) is 12.1. The predicted molar refractivity (Wildman–Crippen MR) is 59.4 cm³/mol. The molecule has 88 valence electrons. The lowest BCUT2D eigenvalue weighted by Crippen LogP contribution is -2.33. The topological polar surface area (TPSA) is 82.2 Å². The summed E-state index contributed by atoms with van der Waals surface area (Å²) >= 11 is 0. The molecule has 0 aliphatic heterocycles. The molecule has 1 amide bonds. The number of ketones is 1. The number of nitrogens with one attached hydrogen (secondary N) is 2. The minimum Gasteiger partial charge on any atom is -0.396 e. The van der Waals surface area contributed by atoms with Crippen molar-refractivity contribution < 1.29 is 14.7 Å². The van der Waals surface area contributed by atoms with Gasteiger partial charge in [-0.3, -0.25) is 9.59 Å². The van der Waals surface area contributed by atoms with Crippen LogP contribution < -0.4 is 5.32 Å². The molecule has 1 unspecified atom stereocenters. The van der Waals surface area contributed by atoms with Crippen molar-refractivity contribution in [2.45, 2.75) is 26.3 Å². The fraction of sp³-hybridized carbons (Fsp3) is 0.455. The third-order valence-electron chi connectivity index (χ3n) is 2.27. The normalized spacial score (nSPS) is 12.2. The Balaban J connectivity index is 2.62. The summed E-state index contributed by atoms with van der Waals surface area (Å²) in [6.07, 6.45) is 2.01. The fourth-order valence-electron chi connectivity index (χ4n) is 1.30. The number of hydrogen-bond acceptors (Lipinski definition) is 3. The summed E-state index contributed by atoms with van der Waals surface area (Å²) in [5.74, 6) is -0.354. The van der Waals surface area contributed by atoms with Crippen molar-refractivity contribution in [3.8, 4) is 0 Å². The van der Waals surface area contributed by atoms with Gasteiger partial charge in [0.15, 0.2) is 5.78 Å². The van der Waals surface area contributed by atoms with Crippen LogP contribution in [-0.2, 0) is 0 Å². The van der Waals surface area contributed by atoms with E-state index in [1.165, 1.54) is 19.2 Å². The minimum atomic E-state index is -0.270. The zero-order valence-corrected chi connectivity index (χ0v) is 9.41. The monoisotopic (exact) mass is 224 g/mol. The van der Waals surface area contributed by atoms with Gasteiger partial charge in [0.2, 0.25) is 0 Å². The van der Waals surface area contributed by atoms with Crippen LogP contribution in [0.1, 0.15) is 41.1 Å². The highest BCUT2D eigenvalue weighted by molar-refractivity contribution is 5.99. The summed E-state index contributed by atoms with van der Waals surface area (Å²) in [4.78, 5) is 25.4. The van der Waals surface area contributed by atoms with E-state index >= 15 is 0 Å². The van der Waals surface area contributed by atoms with E-state index in [0.29, 0.717) is 17.7 Å². The van der Waals surface area contributed by atoms with Gasteiger partial charge in [-0.15, -0.1) is 0 Å². The van der Waals surface area contributed by atoms with Crippen LogP contribution in [0, 0.1) is 0 Å². The van der Waals surface area contributed by atoms with E-state index in [1.807, 2.05) is 6.92 Å². The number of aliphatic hydroxyl groups excluding tert-OH is 1. The van der Waals surface area contributed by atoms with Crippen molar-refractivity contribution in [2.24, 2.45) is 0 Å². The molecule has 0 radical (unpaired) electrons. The Labute approximate surface area is 93.9 Å². The Morgan fingerprint density at radius 1 is 1.56 bits per heavy atom. The largest absolute Gasteiger partial charge is 0.396 e. The van der Waals surface area contributed by atoms with Crippen LogP contribution in [0.4, 0.5) is 0 Å². The van der Waals surface area contributed by atoms with E-state index < -0.39 is 0 Å². The molecular weight excluding hydrogens is 208 g/mol. The Morgan fingerprint density at radius 3 is 2.75 bits per heavy atom. The van der Waals surface area contributed by atoms with E-state index in [4.69, 9.17) is 5.11 Å². The average Bonchev–Trinajstić information content (AvgIpc) is 2.66. The molecule has 5 heteroatoms. The maximum atomic E-state index is 11.6. The Morgan fingerprint density at radius 2 is 2.25 bits per heavy atom. The fourth-order valence-corrected chi connectivity index (χ4v) is 1.30. The molecule has 0 aliphatic rings. The Bertz CT molecular complexity index is 384. The summed E-state index contributed by atoms with van der Waals surface area (Å²) in [7, 11) is 0. The first-order valence-corrected chi connectivity index (χ1v) is 5.15. The summed E-state index contributed by atoms with van der Waals surface area (Å²) in [6.45, 7) is 3.28. The molecule has 1 aromatic heterocycles. The van der Waals surface area contributed by atoms with Crippen LogP contribution in [0.15, 0.2) is 12.3 Å². The van der Waals surface area contributed by atoms with Crippen LogP contribution in [-0.4, -0.2) is 34.4 Å². The number of aromatic nitrogens is 1. The average molecular weight is 224 g/mol. The van der Waals surface area contributed by atoms with Gasteiger partial charge < -0.3 is 15.4 Å². The predicted octanol–water partition coefficient (Wildman–Crippen LogP) is 0.718. The smallest absolute Gasteiger partial charge is 0.267 e. The molecule has 1 heterocycles. The molecular formula is C11H16N2O3. The van der Waals surface area contributed by atoms with E-state index in [0.717, 1.165) is 0 Å². The van der Waals surface area contributed by atoms with Crippen molar-refractivity contribution in [1.29, 1.82) is 0 Å². The summed E-state index contributed by atoms with van der Waals surface area (Å²) < 4.78 is 0. The van der Waals surface area contributed by atoms with Gasteiger partial charge in [-0.2, -0.15) is 0 Å². The standard InChI is InChI=1S/C11H16N2O3/c1-7(3-4-14)13-11(16)10-5-9(6-12-10)8(2)15/h5-7,12,14H,3-4H2,1-2H3,(H,13,16). The number of hydrogen-bond donors (Lipinski definition) is 3. The van der Waals surface area contributed by atoms with Gasteiger partial charge in [0.25, 0.3) is 5.91 Å². The Hall–Kier alpha value is -1.62. The highest BCUT2D eigenvalue weighted by Crippen LogP contribution is 2.04. The molecule has 1 aromatic rings. The quantitative estimate of drug-likeness (QED) is 0.644. The van der Waals surface area contributed by atoms with Gasteiger partial charge in [-0.25, -0.2) is 0 Å². The third kappa shape index (κ3) is 3.20. The van der Waals surface area contributed by atoms with Crippen molar-refractivity contribution >= 4 is 11.7 Å². The van der Waals surface area contributed by atoms with Crippen LogP contribution in [0.25, 0.3) is 0 Å². The number of Topliss-reactive ketones (excluding diaryl/α,β-unsaturated/α-hetero) is 1. The van der Waals surface area contributed by atoms with E-state index in [1.54, 1.807) is 0 Å². The Kier molecular flexibility index (Phi) is 4.25. The SMILES string of the molecule is CC(=O)c1c[nH]c(C(=O)NC(C)CCO)c1. The van der Waals surface area contributed by atoms with Crippen LogP contribution >= 0.6 is 0 Å². The van der Waals surface area contributed by atoms with Crippen LogP contribution in [0.3, 0.4) is 0 Å². The summed E-state index contributed by atoms with van der Waals surface area (Å²) in [5.41, 5.74) is 0.843. The first-order chi connectivity index (χ1) is 7.54. The van der Waals surface area contributed by atoms with E-state index in [2.05, 4.69) is 10.3 Å². The number of amides is 1.